The van der Waals surface area contributed by atoms with Gasteiger partial charge in [-0.1, -0.05) is 84.9 Å². The third kappa shape index (κ3) is 3.14. The van der Waals surface area contributed by atoms with E-state index in [1.807, 2.05) is 85.8 Å². The van der Waals surface area contributed by atoms with E-state index in [0.29, 0.717) is 6.42 Å². The molecule has 5 rings (SSSR count). The molecule has 0 unspecified atom stereocenters. The van der Waals surface area contributed by atoms with Gasteiger partial charge in [0.25, 0.3) is 0 Å². The molecule has 0 aliphatic heterocycles. The van der Waals surface area contributed by atoms with Crippen LogP contribution in [0.25, 0.3) is 21.8 Å². The Morgan fingerprint density at radius 3 is 2.13 bits per heavy atom. The van der Waals surface area contributed by atoms with Gasteiger partial charge in [-0.15, -0.1) is 0 Å². The Labute approximate surface area is 175 Å². The van der Waals surface area contributed by atoms with E-state index < -0.39 is 5.60 Å². The molecule has 0 saturated carbocycles. The molecule has 0 radical (unpaired) electrons. The van der Waals surface area contributed by atoms with Crippen molar-refractivity contribution in [2.75, 3.05) is 0 Å². The number of rotatable bonds is 4. The molecule has 146 valence electrons. The van der Waals surface area contributed by atoms with E-state index in [9.17, 15) is 5.11 Å². The van der Waals surface area contributed by atoms with Gasteiger partial charge in [0.1, 0.15) is 5.60 Å². The lowest BCUT2D eigenvalue weighted by Crippen LogP contribution is -2.31. The molecule has 5 aromatic rings. The fourth-order valence-corrected chi connectivity index (χ4v) is 4.19. The molecule has 1 atom stereocenters. The average Bonchev–Trinajstić information content (AvgIpc) is 2.79. The number of hydrogen-bond donors (Lipinski definition) is 1. The second-order valence-corrected chi connectivity index (χ2v) is 7.67. The monoisotopic (exact) mass is 390 g/mol. The Morgan fingerprint density at radius 1 is 0.700 bits per heavy atom. The molecular formula is C27H22N2O. The predicted octanol–water partition coefficient (Wildman–Crippen LogP) is 5.57. The van der Waals surface area contributed by atoms with Crippen LogP contribution in [0.2, 0.25) is 0 Å². The number of fused-ring (bicyclic) bond motifs is 2. The highest BCUT2D eigenvalue weighted by molar-refractivity contribution is 5.87. The van der Waals surface area contributed by atoms with E-state index in [4.69, 9.17) is 9.97 Å². The van der Waals surface area contributed by atoms with Crippen molar-refractivity contribution in [3.8, 4) is 0 Å². The molecule has 0 aliphatic carbocycles. The molecule has 0 aliphatic rings. The fraction of sp³-hybridized carbons (Fsp3) is 0.111. The summed E-state index contributed by atoms with van der Waals surface area (Å²) in [4.78, 5) is 9.60. The zero-order valence-electron chi connectivity index (χ0n) is 16.8. The van der Waals surface area contributed by atoms with E-state index in [1.54, 1.807) is 0 Å². The van der Waals surface area contributed by atoms with E-state index in [2.05, 4.69) is 18.2 Å². The normalized spacial score (nSPS) is 13.4. The van der Waals surface area contributed by atoms with Gasteiger partial charge in [-0.25, -0.2) is 9.97 Å². The van der Waals surface area contributed by atoms with Crippen molar-refractivity contribution >= 4 is 21.8 Å². The van der Waals surface area contributed by atoms with Gasteiger partial charge >= 0.3 is 0 Å². The molecule has 0 spiro atoms. The topological polar surface area (TPSA) is 46.0 Å². The number of aliphatic hydroxyl groups is 1. The smallest absolute Gasteiger partial charge is 0.121 e. The molecule has 0 amide bonds. The molecular weight excluding hydrogens is 368 g/mol. The van der Waals surface area contributed by atoms with Crippen molar-refractivity contribution in [2.45, 2.75) is 18.9 Å². The maximum Gasteiger partial charge on any atom is 0.121 e. The minimum Gasteiger partial charge on any atom is -0.380 e. The van der Waals surface area contributed by atoms with Gasteiger partial charge in [-0.3, -0.25) is 0 Å². The summed E-state index contributed by atoms with van der Waals surface area (Å²) in [6.07, 6.45) is 0.342. The standard InChI is InChI=1S/C27H22N2O/c1-19-26(29-25-17-8-7-16-24(25)28-19)18-27(30,21-12-3-2-4-13-21)23-15-9-11-20-10-5-6-14-22(20)23/h2-17,30H,18H2,1H3/t27-/m0/s1. The Hall–Kier alpha value is -3.56. The lowest BCUT2D eigenvalue weighted by Gasteiger charge is -2.31. The summed E-state index contributed by atoms with van der Waals surface area (Å²) in [5, 5.41) is 14.4. The summed E-state index contributed by atoms with van der Waals surface area (Å²) in [6.45, 7) is 1.96. The Bertz CT molecular complexity index is 1340. The molecule has 1 heterocycles. The summed E-state index contributed by atoms with van der Waals surface area (Å²) in [7, 11) is 0. The first-order valence-corrected chi connectivity index (χ1v) is 10.1. The van der Waals surface area contributed by atoms with Crippen LogP contribution in [0.1, 0.15) is 22.5 Å². The first-order chi connectivity index (χ1) is 14.6. The van der Waals surface area contributed by atoms with E-state index >= 15 is 0 Å². The van der Waals surface area contributed by atoms with Crippen LogP contribution in [0.15, 0.2) is 97.1 Å². The second-order valence-electron chi connectivity index (χ2n) is 7.67. The van der Waals surface area contributed by atoms with Crippen molar-refractivity contribution in [2.24, 2.45) is 0 Å². The highest BCUT2D eigenvalue weighted by atomic mass is 16.3. The Kier molecular flexibility index (Phi) is 4.53. The van der Waals surface area contributed by atoms with Gasteiger partial charge in [0.05, 0.1) is 22.4 Å². The zero-order chi connectivity index (χ0) is 20.6. The van der Waals surface area contributed by atoms with Crippen LogP contribution in [0.3, 0.4) is 0 Å². The van der Waals surface area contributed by atoms with Crippen LogP contribution < -0.4 is 0 Å². The molecule has 4 aromatic carbocycles. The van der Waals surface area contributed by atoms with E-state index in [1.165, 1.54) is 0 Å². The van der Waals surface area contributed by atoms with Crippen molar-refractivity contribution in [3.63, 3.8) is 0 Å². The molecule has 0 fully saturated rings. The minimum absolute atomic E-state index is 0.342. The third-order valence-electron chi connectivity index (χ3n) is 5.75. The highest BCUT2D eigenvalue weighted by Crippen LogP contribution is 2.37. The fourth-order valence-electron chi connectivity index (χ4n) is 4.19. The summed E-state index contributed by atoms with van der Waals surface area (Å²) in [5.41, 5.74) is 3.83. The van der Waals surface area contributed by atoms with Crippen molar-refractivity contribution in [1.82, 2.24) is 9.97 Å². The molecule has 3 heteroatoms. The molecule has 0 bridgehead atoms. The van der Waals surface area contributed by atoms with Gasteiger partial charge in [-0.05, 0) is 41.0 Å². The average molecular weight is 390 g/mol. The van der Waals surface area contributed by atoms with Crippen LogP contribution in [-0.2, 0) is 12.0 Å². The van der Waals surface area contributed by atoms with Crippen molar-refractivity contribution in [3.05, 3.63) is 120 Å². The molecule has 3 nitrogen and oxygen atoms in total. The van der Waals surface area contributed by atoms with Gasteiger partial charge in [-0.2, -0.15) is 0 Å². The zero-order valence-corrected chi connectivity index (χ0v) is 16.8. The molecule has 1 N–H and O–H groups in total. The van der Waals surface area contributed by atoms with Crippen LogP contribution in [0.5, 0.6) is 0 Å². The van der Waals surface area contributed by atoms with Crippen LogP contribution in [-0.4, -0.2) is 15.1 Å². The molecule has 0 saturated heterocycles. The van der Waals surface area contributed by atoms with E-state index in [0.717, 1.165) is 44.3 Å². The van der Waals surface area contributed by atoms with Crippen molar-refractivity contribution < 1.29 is 5.11 Å². The SMILES string of the molecule is Cc1nc2ccccc2nc1C[C@](O)(c1ccccc1)c1cccc2ccccc12. The first kappa shape index (κ1) is 18.5. The number of aromatic nitrogens is 2. The Balaban J connectivity index is 1.73. The van der Waals surface area contributed by atoms with Gasteiger partial charge < -0.3 is 5.11 Å². The van der Waals surface area contributed by atoms with Gasteiger partial charge in [0.2, 0.25) is 0 Å². The Morgan fingerprint density at radius 2 is 1.33 bits per heavy atom. The summed E-state index contributed by atoms with van der Waals surface area (Å²) in [5.74, 6) is 0. The summed E-state index contributed by atoms with van der Waals surface area (Å²) in [6, 6.07) is 32.0. The third-order valence-corrected chi connectivity index (χ3v) is 5.75. The minimum atomic E-state index is -1.23. The van der Waals surface area contributed by atoms with Crippen LogP contribution in [0.4, 0.5) is 0 Å². The highest BCUT2D eigenvalue weighted by Gasteiger charge is 2.34. The lowest BCUT2D eigenvalue weighted by molar-refractivity contribution is 0.0814. The largest absolute Gasteiger partial charge is 0.380 e. The van der Waals surface area contributed by atoms with Gasteiger partial charge in [0, 0.05) is 6.42 Å². The van der Waals surface area contributed by atoms with Gasteiger partial charge in [0.15, 0.2) is 0 Å². The second kappa shape index (κ2) is 7.36. The van der Waals surface area contributed by atoms with E-state index in [-0.39, 0.29) is 0 Å². The first-order valence-electron chi connectivity index (χ1n) is 10.1. The number of para-hydroxylation sites is 2. The quantitative estimate of drug-likeness (QED) is 0.436. The molecule has 30 heavy (non-hydrogen) atoms. The van der Waals surface area contributed by atoms with Crippen LogP contribution in [0, 0.1) is 6.92 Å². The molecule has 1 aromatic heterocycles. The summed E-state index contributed by atoms with van der Waals surface area (Å²) >= 11 is 0. The summed E-state index contributed by atoms with van der Waals surface area (Å²) < 4.78 is 0. The maximum atomic E-state index is 12.2. The number of aryl methyl sites for hydroxylation is 1. The number of nitrogens with zero attached hydrogens (tertiary/aromatic N) is 2. The number of hydrogen-bond acceptors (Lipinski definition) is 3. The van der Waals surface area contributed by atoms with Crippen molar-refractivity contribution in [1.29, 1.82) is 0 Å². The number of benzene rings is 4. The lowest BCUT2D eigenvalue weighted by atomic mass is 9.80. The van der Waals surface area contributed by atoms with Crippen LogP contribution >= 0.6 is 0 Å². The maximum absolute atomic E-state index is 12.2. The predicted molar refractivity (Wildman–Crippen MR) is 121 cm³/mol.